The van der Waals surface area contributed by atoms with E-state index in [1.165, 1.54) is 6.42 Å². The van der Waals surface area contributed by atoms with Crippen molar-refractivity contribution in [3.63, 3.8) is 0 Å². The van der Waals surface area contributed by atoms with Crippen molar-refractivity contribution in [3.05, 3.63) is 0 Å². The monoisotopic (exact) mass is 426 g/mol. The number of halogens is 2. The van der Waals surface area contributed by atoms with Crippen LogP contribution in [0.4, 0.5) is 0 Å². The van der Waals surface area contributed by atoms with Crippen molar-refractivity contribution in [1.29, 1.82) is 0 Å². The fraction of sp³-hybridized carbons (Fsp3) is 1.00. The van der Waals surface area contributed by atoms with Crippen molar-refractivity contribution in [1.82, 2.24) is 6.39 Å². The summed E-state index contributed by atoms with van der Waals surface area (Å²) in [6.45, 7) is 2.66. The minimum absolute atomic E-state index is 0.335. The van der Waals surface area contributed by atoms with Crippen LogP contribution in [0.15, 0.2) is 0 Å². The molecular weight excluding hydrogens is 410 g/mol. The molecule has 1 fully saturated rings. The Hall–Kier alpha value is 1.30. The highest BCUT2D eigenvalue weighted by Gasteiger charge is 2.22. The van der Waals surface area contributed by atoms with E-state index in [-0.39, 0.29) is 6.10 Å². The van der Waals surface area contributed by atoms with E-state index in [0.717, 1.165) is 19.5 Å². The molecular formula is C8H16I2N2O2. The highest BCUT2D eigenvalue weighted by atomic mass is 127. The predicted octanol–water partition coefficient (Wildman–Crippen LogP) is 1.62. The Labute approximate surface area is 113 Å². The molecule has 4 nitrogen and oxygen atoms in total. The van der Waals surface area contributed by atoms with Gasteiger partial charge in [0.2, 0.25) is 0 Å². The second kappa shape index (κ2) is 6.79. The van der Waals surface area contributed by atoms with Gasteiger partial charge < -0.3 is 10.0 Å². The number of rotatable bonds is 5. The molecule has 14 heavy (non-hydrogen) atoms. The van der Waals surface area contributed by atoms with Gasteiger partial charge in [-0.3, -0.25) is 4.84 Å². The Morgan fingerprint density at radius 2 is 2.36 bits per heavy atom. The molecule has 6 heteroatoms. The van der Waals surface area contributed by atoms with Crippen LogP contribution in [-0.2, 0) is 4.84 Å². The summed E-state index contributed by atoms with van der Waals surface area (Å²) in [4.78, 5) is 7.49. The first kappa shape index (κ1) is 13.4. The summed E-state index contributed by atoms with van der Waals surface area (Å²) in [6, 6.07) is 0. The quantitative estimate of drug-likeness (QED) is 0.412. The van der Waals surface area contributed by atoms with Crippen molar-refractivity contribution in [2.45, 2.75) is 18.9 Å². The van der Waals surface area contributed by atoms with Crippen LogP contribution in [-0.4, -0.2) is 44.3 Å². The molecule has 1 N–H and O–H groups in total. The summed E-state index contributed by atoms with van der Waals surface area (Å²) in [5, 5.41) is 9.67. The molecule has 0 amide bonds. The standard InChI is InChI=1S/C8H16I2N2O2/c1-11-3-2-7(5-11)4-8(13)6-14-12(9)10/h7-8,13H,2-6H2,1H3/t7?,8-/m1/s1. The lowest BCUT2D eigenvalue weighted by molar-refractivity contribution is -0.0321. The molecule has 0 aromatic rings. The number of likely N-dealkylation sites (tertiary alicyclic amines) is 1. The first-order valence-electron chi connectivity index (χ1n) is 4.69. The zero-order chi connectivity index (χ0) is 10.6. The molecule has 0 spiro atoms. The average Bonchev–Trinajstić information content (AvgIpc) is 2.48. The van der Waals surface area contributed by atoms with E-state index in [0.29, 0.717) is 12.5 Å². The van der Waals surface area contributed by atoms with Crippen LogP contribution in [0.25, 0.3) is 0 Å². The Morgan fingerprint density at radius 1 is 1.64 bits per heavy atom. The maximum absolute atomic E-state index is 9.67. The number of hydrogen-bond acceptors (Lipinski definition) is 4. The van der Waals surface area contributed by atoms with Gasteiger partial charge in [-0.05, 0) is 32.4 Å². The summed E-state index contributed by atoms with van der Waals surface area (Å²) in [5.41, 5.74) is 0. The van der Waals surface area contributed by atoms with Crippen molar-refractivity contribution < 1.29 is 9.94 Å². The molecule has 0 saturated carbocycles. The molecule has 0 bridgehead atoms. The Kier molecular flexibility index (Phi) is 6.48. The molecule has 1 saturated heterocycles. The number of aliphatic hydroxyl groups excluding tert-OH is 1. The normalized spacial score (nSPS) is 25.9. The van der Waals surface area contributed by atoms with Gasteiger partial charge >= 0.3 is 0 Å². The zero-order valence-electron chi connectivity index (χ0n) is 8.20. The zero-order valence-corrected chi connectivity index (χ0v) is 12.5. The summed E-state index contributed by atoms with van der Waals surface area (Å²) >= 11 is 4.04. The molecule has 0 aliphatic carbocycles. The minimum atomic E-state index is -0.335. The SMILES string of the molecule is CN1CCC(C[C@@H](O)CON(I)I)C1. The molecule has 84 valence electrons. The van der Waals surface area contributed by atoms with Gasteiger partial charge in [0.05, 0.1) is 58.4 Å². The van der Waals surface area contributed by atoms with Crippen LogP contribution in [0.5, 0.6) is 0 Å². The van der Waals surface area contributed by atoms with Crippen molar-refractivity contribution in [2.75, 3.05) is 26.7 Å². The van der Waals surface area contributed by atoms with Gasteiger partial charge in [-0.25, -0.2) is 0 Å². The first-order chi connectivity index (χ1) is 6.58. The van der Waals surface area contributed by atoms with Gasteiger partial charge in [0, 0.05) is 6.54 Å². The van der Waals surface area contributed by atoms with E-state index in [4.69, 9.17) is 4.84 Å². The Balaban J connectivity index is 2.10. The Morgan fingerprint density at radius 3 is 2.86 bits per heavy atom. The molecule has 0 radical (unpaired) electrons. The summed E-state index contributed by atoms with van der Waals surface area (Å²) in [6.07, 6.45) is 1.72. The molecule has 1 rings (SSSR count). The van der Waals surface area contributed by atoms with E-state index >= 15 is 0 Å². The summed E-state index contributed by atoms with van der Waals surface area (Å²) < 4.78 is 1.57. The predicted molar refractivity (Wildman–Crippen MR) is 72.1 cm³/mol. The lowest BCUT2D eigenvalue weighted by Gasteiger charge is -2.16. The first-order valence-corrected chi connectivity index (χ1v) is 6.62. The molecule has 2 atom stereocenters. The summed E-state index contributed by atoms with van der Waals surface area (Å²) in [5.74, 6) is 0.635. The van der Waals surface area contributed by atoms with Crippen molar-refractivity contribution >= 4 is 45.7 Å². The molecule has 1 heterocycles. The maximum atomic E-state index is 9.67. The maximum Gasteiger partial charge on any atom is 0.0963 e. The number of aliphatic hydroxyl groups is 1. The number of nitrogens with zero attached hydrogens (tertiary/aromatic N) is 2. The highest BCUT2D eigenvalue weighted by Crippen LogP contribution is 2.20. The van der Waals surface area contributed by atoms with Crippen LogP contribution < -0.4 is 0 Å². The van der Waals surface area contributed by atoms with Gasteiger partial charge in [-0.15, -0.1) is 0 Å². The van der Waals surface area contributed by atoms with Crippen LogP contribution >= 0.6 is 45.7 Å². The molecule has 1 aliphatic heterocycles. The van der Waals surface area contributed by atoms with Crippen LogP contribution in [0.1, 0.15) is 12.8 Å². The number of hydrogen-bond donors (Lipinski definition) is 1. The van der Waals surface area contributed by atoms with Crippen LogP contribution in [0, 0.1) is 5.92 Å². The smallest absolute Gasteiger partial charge is 0.0963 e. The van der Waals surface area contributed by atoms with E-state index < -0.39 is 0 Å². The molecule has 1 unspecified atom stereocenters. The second-order valence-electron chi connectivity index (χ2n) is 3.80. The van der Waals surface area contributed by atoms with Crippen molar-refractivity contribution in [3.8, 4) is 0 Å². The van der Waals surface area contributed by atoms with E-state index in [1.54, 1.807) is 1.49 Å². The average molecular weight is 426 g/mol. The summed E-state index contributed by atoms with van der Waals surface area (Å²) in [7, 11) is 2.13. The van der Waals surface area contributed by atoms with Crippen LogP contribution in [0.2, 0.25) is 0 Å². The molecule has 0 aromatic heterocycles. The lowest BCUT2D eigenvalue weighted by Crippen LogP contribution is -2.22. The minimum Gasteiger partial charge on any atom is -0.391 e. The van der Waals surface area contributed by atoms with Gasteiger partial charge in [0.1, 0.15) is 0 Å². The second-order valence-corrected chi connectivity index (χ2v) is 7.40. The van der Waals surface area contributed by atoms with E-state index in [9.17, 15) is 5.11 Å². The third-order valence-electron chi connectivity index (χ3n) is 2.46. The highest BCUT2D eigenvalue weighted by molar-refractivity contribution is 14.2. The Bertz CT molecular complexity index is 171. The lowest BCUT2D eigenvalue weighted by atomic mass is 10.0. The van der Waals surface area contributed by atoms with E-state index in [2.05, 4.69) is 11.9 Å². The van der Waals surface area contributed by atoms with Gasteiger partial charge in [-0.2, -0.15) is 0 Å². The largest absolute Gasteiger partial charge is 0.391 e. The van der Waals surface area contributed by atoms with Gasteiger partial charge in [0.15, 0.2) is 0 Å². The van der Waals surface area contributed by atoms with Gasteiger partial charge in [-0.1, -0.05) is 1.49 Å². The third kappa shape index (κ3) is 5.40. The van der Waals surface area contributed by atoms with E-state index in [1.807, 2.05) is 45.7 Å². The van der Waals surface area contributed by atoms with Crippen LogP contribution in [0.3, 0.4) is 0 Å². The molecule has 1 aliphatic rings. The topological polar surface area (TPSA) is 35.9 Å². The fourth-order valence-corrected chi connectivity index (χ4v) is 2.14. The third-order valence-corrected chi connectivity index (χ3v) is 3.02. The van der Waals surface area contributed by atoms with Gasteiger partial charge in [0.25, 0.3) is 0 Å². The molecule has 0 aromatic carbocycles. The fourth-order valence-electron chi connectivity index (χ4n) is 1.81. The van der Waals surface area contributed by atoms with Crippen molar-refractivity contribution in [2.24, 2.45) is 5.92 Å².